The van der Waals surface area contributed by atoms with Gasteiger partial charge in [0.15, 0.2) is 0 Å². The Morgan fingerprint density at radius 1 is 0.246 bits per heavy atom. The lowest BCUT2D eigenvalue weighted by atomic mass is 9.64. The van der Waals surface area contributed by atoms with E-state index in [4.69, 9.17) is 29.4 Å². The molecule has 0 N–H and O–H groups in total. The molecule has 12 nitrogen and oxygen atoms in total. The molecule has 0 aliphatic rings. The molecule has 118 heavy (non-hydrogen) atoms. The molecule has 12 heteroatoms. The van der Waals surface area contributed by atoms with Crippen LogP contribution in [0.4, 0.5) is 0 Å². The van der Waals surface area contributed by atoms with E-state index in [1.807, 2.05) is 82.7 Å². The van der Waals surface area contributed by atoms with Gasteiger partial charge >= 0.3 is 0 Å². The van der Waals surface area contributed by atoms with Gasteiger partial charge in [-0.3, -0.25) is 19.3 Å². The Labute approximate surface area is 698 Å². The Kier molecular flexibility index (Phi) is 22.1. The predicted octanol–water partition coefficient (Wildman–Crippen LogP) is 24.9. The molecule has 0 saturated heterocycles. The van der Waals surface area contributed by atoms with Gasteiger partial charge in [-0.1, -0.05) is 305 Å². The first kappa shape index (κ1) is 81.1. The molecule has 0 bridgehead atoms. The van der Waals surface area contributed by atoms with Crippen LogP contribution in [0, 0.1) is 0 Å². The van der Waals surface area contributed by atoms with Crippen molar-refractivity contribution in [1.82, 2.24) is 49.9 Å². The van der Waals surface area contributed by atoms with Crippen LogP contribution in [-0.4, -0.2) is 63.1 Å². The van der Waals surface area contributed by atoms with Crippen LogP contribution in [0.5, 0.6) is 11.5 Å². The van der Waals surface area contributed by atoms with Crippen molar-refractivity contribution in [3.63, 3.8) is 0 Å². The monoisotopic (exact) mass is 1560 g/mol. The zero-order valence-corrected chi connectivity index (χ0v) is 72.1. The minimum atomic E-state index is -0.607. The molecule has 15 aromatic rings. The van der Waals surface area contributed by atoms with E-state index in [2.05, 4.69) is 352 Å². The van der Waals surface area contributed by atoms with Crippen molar-refractivity contribution in [1.29, 1.82) is 0 Å². The molecule has 6 heterocycles. The average Bonchev–Trinajstić information content (AvgIpc) is 0.899. The second-order valence-corrected chi connectivity index (χ2v) is 38.1. The predicted molar refractivity (Wildman–Crippen MR) is 483 cm³/mol. The highest BCUT2D eigenvalue weighted by molar-refractivity contribution is 6.05. The third kappa shape index (κ3) is 17.0. The van der Waals surface area contributed by atoms with Gasteiger partial charge in [0, 0.05) is 60.2 Å². The zero-order valence-electron chi connectivity index (χ0n) is 72.1. The number of benzene rings is 9. The second-order valence-electron chi connectivity index (χ2n) is 38.1. The first-order valence-corrected chi connectivity index (χ1v) is 41.8. The highest BCUT2D eigenvalue weighted by atomic mass is 16.5. The van der Waals surface area contributed by atoms with E-state index in [0.717, 1.165) is 91.4 Å². The van der Waals surface area contributed by atoms with Gasteiger partial charge in [0.1, 0.15) is 22.9 Å². The lowest BCUT2D eigenvalue weighted by Gasteiger charge is -2.38. The molecule has 6 aromatic heterocycles. The zero-order chi connectivity index (χ0) is 83.2. The summed E-state index contributed by atoms with van der Waals surface area (Å²) < 4.78 is 16.7. The van der Waals surface area contributed by atoms with E-state index in [1.54, 1.807) is 0 Å². The summed E-state index contributed by atoms with van der Waals surface area (Å²) in [5, 5.41) is 20.1. The van der Waals surface area contributed by atoms with Gasteiger partial charge in [0.05, 0.1) is 70.2 Å². The molecule has 0 amide bonds. The number of aryl methyl sites for hydroxylation is 2. The molecular formula is C106H112N10O2. The van der Waals surface area contributed by atoms with Crippen LogP contribution in [0.1, 0.15) is 215 Å². The Balaban J connectivity index is 0.560. The summed E-state index contributed by atoms with van der Waals surface area (Å²) in [4.78, 5) is 19.9. The van der Waals surface area contributed by atoms with Crippen molar-refractivity contribution in [2.75, 3.05) is 13.2 Å². The van der Waals surface area contributed by atoms with E-state index < -0.39 is 10.8 Å². The lowest BCUT2D eigenvalue weighted by molar-refractivity contribution is 0.297. The maximum atomic E-state index is 6.47. The second kappa shape index (κ2) is 32.1. The number of pyridine rings is 4. The number of aromatic nitrogens is 10. The molecule has 0 unspecified atom stereocenters. The number of hydrogen-bond acceptors (Lipinski definition) is 10. The highest BCUT2D eigenvalue weighted by Crippen LogP contribution is 2.50. The van der Waals surface area contributed by atoms with Crippen molar-refractivity contribution in [2.45, 2.75) is 194 Å². The molecular weight excluding hydrogens is 1450 g/mol. The van der Waals surface area contributed by atoms with Gasteiger partial charge in [-0.05, 0) is 195 Å². The summed E-state index contributed by atoms with van der Waals surface area (Å²) in [7, 11) is 0. The number of nitrogens with zero attached hydrogens (tertiary/aromatic N) is 10. The first-order valence-electron chi connectivity index (χ1n) is 41.8. The van der Waals surface area contributed by atoms with Crippen LogP contribution in [0.3, 0.4) is 0 Å². The maximum absolute atomic E-state index is 6.47. The minimum Gasteiger partial charge on any atom is -0.494 e. The molecule has 15 rings (SSSR count). The number of ether oxygens (including phenoxy) is 2. The molecule has 0 atom stereocenters. The SMILES string of the molecule is CC(C)(C)c1ccc(C(c2ccc(OCCCn3cc(-c4ccc(-c5ccc6c(ccc7nc(-c8ccc(-c9cn(CCCOc%10ccc(C(c%11ccc(C(C)(C)C)cc%11)(c%11ccc(C(C)(C)C)cc%11)c%11ccc(C(C)(C)C)cc%11)cc%10)nn9)cn8)ccc76)n5)nc4)nn3)cc2)(c2ccc(C(C)(C)C)cc2)c2ccc(C(C)(C)C)cc2)cc1. The average molecular weight is 1560 g/mol. The molecule has 0 aliphatic carbocycles. The van der Waals surface area contributed by atoms with Crippen molar-refractivity contribution < 1.29 is 9.47 Å². The fourth-order valence-electron chi connectivity index (χ4n) is 16.3. The smallest absolute Gasteiger partial charge is 0.119 e. The fourth-order valence-corrected chi connectivity index (χ4v) is 16.3. The summed E-state index contributed by atoms with van der Waals surface area (Å²) in [5.41, 5.74) is 24.3. The van der Waals surface area contributed by atoms with Crippen molar-refractivity contribution in [2.24, 2.45) is 0 Å². The third-order valence-corrected chi connectivity index (χ3v) is 23.5. The molecule has 9 aromatic carbocycles. The van der Waals surface area contributed by atoms with E-state index in [9.17, 15) is 0 Å². The molecule has 0 radical (unpaired) electrons. The maximum Gasteiger partial charge on any atom is 0.119 e. The molecule has 0 saturated carbocycles. The van der Waals surface area contributed by atoms with E-state index >= 15 is 0 Å². The van der Waals surface area contributed by atoms with Crippen molar-refractivity contribution in [3.05, 3.63) is 357 Å². The van der Waals surface area contributed by atoms with Crippen LogP contribution in [0.15, 0.2) is 280 Å². The highest BCUT2D eigenvalue weighted by Gasteiger charge is 2.42. The minimum absolute atomic E-state index is 0.0173. The number of fused-ring (bicyclic) bond motifs is 3. The molecule has 0 aliphatic heterocycles. The van der Waals surface area contributed by atoms with Crippen LogP contribution in [-0.2, 0) is 56.4 Å². The van der Waals surface area contributed by atoms with Gasteiger partial charge in [0.2, 0.25) is 0 Å². The fraction of sp³-hybridized carbons (Fsp3) is 0.302. The summed E-state index contributed by atoms with van der Waals surface area (Å²) in [5.74, 6) is 1.64. The largest absolute Gasteiger partial charge is 0.494 e. The quantitative estimate of drug-likeness (QED) is 0.0367. The summed E-state index contributed by atoms with van der Waals surface area (Å²) in [6, 6.07) is 93.6. The normalized spacial score (nSPS) is 12.7. The van der Waals surface area contributed by atoms with Gasteiger partial charge in [-0.15, -0.1) is 10.2 Å². The van der Waals surface area contributed by atoms with Crippen LogP contribution in [0.25, 0.3) is 67.1 Å². The summed E-state index contributed by atoms with van der Waals surface area (Å²) in [6.45, 7) is 43.3. The Hall–Kier alpha value is -12.0. The lowest BCUT2D eigenvalue weighted by Crippen LogP contribution is -2.31. The number of rotatable bonds is 22. The van der Waals surface area contributed by atoms with Gasteiger partial charge in [0.25, 0.3) is 0 Å². The first-order chi connectivity index (χ1) is 56.2. The third-order valence-electron chi connectivity index (χ3n) is 23.5. The van der Waals surface area contributed by atoms with Gasteiger partial charge in [-0.2, -0.15) is 0 Å². The topological polar surface area (TPSA) is 131 Å². The number of hydrogen-bond donors (Lipinski definition) is 0. The van der Waals surface area contributed by atoms with Crippen LogP contribution < -0.4 is 9.47 Å². The van der Waals surface area contributed by atoms with Crippen LogP contribution in [0.2, 0.25) is 0 Å². The Morgan fingerprint density at radius 2 is 0.483 bits per heavy atom. The van der Waals surface area contributed by atoms with Crippen molar-refractivity contribution >= 4 is 21.8 Å². The van der Waals surface area contributed by atoms with Gasteiger partial charge in [-0.25, -0.2) is 9.97 Å². The van der Waals surface area contributed by atoms with E-state index in [-0.39, 0.29) is 32.5 Å². The molecule has 0 spiro atoms. The molecule has 0 fully saturated rings. The Morgan fingerprint density at radius 3 is 0.720 bits per heavy atom. The van der Waals surface area contributed by atoms with E-state index in [0.29, 0.717) is 26.3 Å². The summed E-state index contributed by atoms with van der Waals surface area (Å²) >= 11 is 0. The molecule has 598 valence electrons. The standard InChI is InChI=1S/C106H112N10O2/c1-99(2,3)73-23-35-79(36-24-73)105(80-37-25-74(26-38-80)100(4,5)6,81-39-27-75(28-40-81)101(7,8)9)85-47-51-87(52-48-85)117-65-19-63-115-69-97(111-113-115)71-21-57-93(107-67-71)95-59-55-89-90-56-60-96(110-92(90)62-61-91(89)109-95)94-58-22-72(68-108-94)98-70-116(114-112-98)64-20-66-118-88-53-49-86(50-54-88)106(82-41-29-76(30-42-82)102(10,11)12,83-43-31-77(32-44-83)103(13,14)15)84-45-33-78(34-46-84)104(16,17)18/h21-62,67-70H,19-20,63-66H2,1-18H3. The van der Waals surface area contributed by atoms with Crippen molar-refractivity contribution in [3.8, 4) is 56.8 Å². The van der Waals surface area contributed by atoms with E-state index in [1.165, 1.54) is 77.9 Å². The van der Waals surface area contributed by atoms with Gasteiger partial charge < -0.3 is 9.47 Å². The Bertz CT molecular complexity index is 5310. The summed E-state index contributed by atoms with van der Waals surface area (Å²) in [6.07, 6.45) is 9.10. The van der Waals surface area contributed by atoms with Crippen LogP contribution >= 0.6 is 0 Å².